The van der Waals surface area contributed by atoms with Crippen molar-refractivity contribution in [1.29, 1.82) is 0 Å². The van der Waals surface area contributed by atoms with Gasteiger partial charge >= 0.3 is 0 Å². The lowest BCUT2D eigenvalue weighted by Crippen LogP contribution is -2.29. The van der Waals surface area contributed by atoms with Crippen LogP contribution in [0, 0.1) is 11.8 Å². The molecule has 6 nitrogen and oxygen atoms in total. The second-order valence-corrected chi connectivity index (χ2v) is 7.47. The summed E-state index contributed by atoms with van der Waals surface area (Å²) in [5, 5.41) is 0. The van der Waals surface area contributed by atoms with Gasteiger partial charge in [-0.15, -0.1) is 0 Å². The number of amides is 1. The highest BCUT2D eigenvalue weighted by Crippen LogP contribution is 2.39. The molecule has 1 saturated heterocycles. The zero-order valence-corrected chi connectivity index (χ0v) is 15.4. The standard InChI is InChI=1S/C20H25N5O/c1-14-11-16(14)19(26)24(2)13-18-17(15-5-7-21-8-6-15)12-22-20(23-18)25-9-3-4-10-25/h5-8,12,14,16H,3-4,9-11,13H2,1-2H3/t14-,16-/m0/s1. The molecule has 136 valence electrons. The number of carbonyl (C=O) groups excluding carboxylic acids is 1. The van der Waals surface area contributed by atoms with Crippen LogP contribution in [0.3, 0.4) is 0 Å². The van der Waals surface area contributed by atoms with E-state index in [9.17, 15) is 4.79 Å². The molecular formula is C20H25N5O. The van der Waals surface area contributed by atoms with Gasteiger partial charge in [-0.2, -0.15) is 0 Å². The van der Waals surface area contributed by atoms with Gasteiger partial charge in [0.05, 0.1) is 12.2 Å². The Morgan fingerprint density at radius 1 is 1.27 bits per heavy atom. The molecule has 1 aliphatic heterocycles. The van der Waals surface area contributed by atoms with Crippen molar-refractivity contribution < 1.29 is 4.79 Å². The van der Waals surface area contributed by atoms with Gasteiger partial charge in [-0.25, -0.2) is 9.97 Å². The van der Waals surface area contributed by atoms with Crippen LogP contribution in [-0.2, 0) is 11.3 Å². The van der Waals surface area contributed by atoms with Crippen LogP contribution in [0.15, 0.2) is 30.7 Å². The zero-order valence-electron chi connectivity index (χ0n) is 15.4. The summed E-state index contributed by atoms with van der Waals surface area (Å²) in [6.45, 7) is 4.64. The molecule has 3 heterocycles. The minimum Gasteiger partial charge on any atom is -0.341 e. The fourth-order valence-electron chi connectivity index (χ4n) is 3.62. The van der Waals surface area contributed by atoms with E-state index in [1.54, 1.807) is 12.4 Å². The molecule has 2 aromatic rings. The number of aromatic nitrogens is 3. The van der Waals surface area contributed by atoms with E-state index in [2.05, 4.69) is 21.8 Å². The first-order valence-electron chi connectivity index (χ1n) is 9.39. The molecule has 0 spiro atoms. The average Bonchev–Trinajstić information content (AvgIpc) is 3.16. The van der Waals surface area contributed by atoms with Gasteiger partial charge in [0.1, 0.15) is 0 Å². The molecule has 2 aromatic heterocycles. The minimum atomic E-state index is 0.185. The minimum absolute atomic E-state index is 0.185. The van der Waals surface area contributed by atoms with E-state index < -0.39 is 0 Å². The zero-order chi connectivity index (χ0) is 18.1. The molecule has 0 N–H and O–H groups in total. The van der Waals surface area contributed by atoms with Crippen molar-refractivity contribution in [3.63, 3.8) is 0 Å². The lowest BCUT2D eigenvalue weighted by molar-refractivity contribution is -0.132. The van der Waals surface area contributed by atoms with Crippen molar-refractivity contribution in [2.45, 2.75) is 32.7 Å². The molecule has 26 heavy (non-hydrogen) atoms. The van der Waals surface area contributed by atoms with E-state index >= 15 is 0 Å². The van der Waals surface area contributed by atoms with Crippen LogP contribution in [0.25, 0.3) is 11.1 Å². The molecule has 0 aromatic carbocycles. The number of rotatable bonds is 5. The second-order valence-electron chi connectivity index (χ2n) is 7.47. The van der Waals surface area contributed by atoms with Gasteiger partial charge in [0.2, 0.25) is 11.9 Å². The van der Waals surface area contributed by atoms with Gasteiger partial charge < -0.3 is 9.80 Å². The predicted molar refractivity (Wildman–Crippen MR) is 100 cm³/mol. The molecule has 0 radical (unpaired) electrons. The summed E-state index contributed by atoms with van der Waals surface area (Å²) in [6.07, 6.45) is 8.81. The van der Waals surface area contributed by atoms with E-state index in [-0.39, 0.29) is 11.8 Å². The fourth-order valence-corrected chi connectivity index (χ4v) is 3.62. The summed E-state index contributed by atoms with van der Waals surface area (Å²) in [5.41, 5.74) is 2.90. The van der Waals surface area contributed by atoms with Crippen LogP contribution in [0.5, 0.6) is 0 Å². The van der Waals surface area contributed by atoms with E-state index in [1.165, 1.54) is 12.8 Å². The second kappa shape index (κ2) is 7.02. The molecule has 2 fully saturated rings. The summed E-state index contributed by atoms with van der Waals surface area (Å²) >= 11 is 0. The monoisotopic (exact) mass is 351 g/mol. The van der Waals surface area contributed by atoms with Crippen LogP contribution in [0.2, 0.25) is 0 Å². The highest BCUT2D eigenvalue weighted by molar-refractivity contribution is 5.81. The Bertz CT molecular complexity index is 788. The molecule has 1 aliphatic carbocycles. The molecule has 1 saturated carbocycles. The van der Waals surface area contributed by atoms with Gasteiger partial charge in [-0.3, -0.25) is 9.78 Å². The first-order chi connectivity index (χ1) is 12.6. The summed E-state index contributed by atoms with van der Waals surface area (Å²) in [6, 6.07) is 3.92. The van der Waals surface area contributed by atoms with Crippen molar-refractivity contribution in [1.82, 2.24) is 19.9 Å². The Labute approximate surface area is 154 Å². The Morgan fingerprint density at radius 3 is 2.62 bits per heavy atom. The smallest absolute Gasteiger partial charge is 0.226 e. The first-order valence-corrected chi connectivity index (χ1v) is 9.39. The lowest BCUT2D eigenvalue weighted by Gasteiger charge is -2.21. The Morgan fingerprint density at radius 2 is 1.96 bits per heavy atom. The van der Waals surface area contributed by atoms with Gasteiger partial charge in [0, 0.05) is 50.2 Å². The van der Waals surface area contributed by atoms with Crippen LogP contribution in [0.1, 0.15) is 31.9 Å². The molecular weight excluding hydrogens is 326 g/mol. The molecule has 0 bridgehead atoms. The summed E-state index contributed by atoms with van der Waals surface area (Å²) < 4.78 is 0. The van der Waals surface area contributed by atoms with E-state index in [4.69, 9.17) is 4.98 Å². The Hall–Kier alpha value is -2.50. The largest absolute Gasteiger partial charge is 0.341 e. The quantitative estimate of drug-likeness (QED) is 0.829. The van der Waals surface area contributed by atoms with Crippen LogP contribution >= 0.6 is 0 Å². The summed E-state index contributed by atoms with van der Waals surface area (Å²) in [4.78, 5) is 30.2. The Kier molecular flexibility index (Phi) is 4.57. The molecule has 1 amide bonds. The van der Waals surface area contributed by atoms with Gasteiger partial charge in [-0.05, 0) is 42.9 Å². The van der Waals surface area contributed by atoms with Crippen LogP contribution in [0.4, 0.5) is 5.95 Å². The van der Waals surface area contributed by atoms with Gasteiger partial charge in [0.25, 0.3) is 0 Å². The van der Waals surface area contributed by atoms with Crippen molar-refractivity contribution in [3.05, 3.63) is 36.4 Å². The summed E-state index contributed by atoms with van der Waals surface area (Å²) in [7, 11) is 1.88. The number of nitrogens with zero attached hydrogens (tertiary/aromatic N) is 5. The maximum atomic E-state index is 12.6. The maximum Gasteiger partial charge on any atom is 0.226 e. The van der Waals surface area contributed by atoms with E-state index in [0.29, 0.717) is 12.5 Å². The predicted octanol–water partition coefficient (Wildman–Crippen LogP) is 2.75. The molecule has 2 aliphatic rings. The molecule has 2 atom stereocenters. The van der Waals surface area contributed by atoms with Crippen molar-refractivity contribution in [3.8, 4) is 11.1 Å². The van der Waals surface area contributed by atoms with Crippen LogP contribution < -0.4 is 4.90 Å². The number of carbonyl (C=O) groups is 1. The van der Waals surface area contributed by atoms with Crippen molar-refractivity contribution >= 4 is 11.9 Å². The topological polar surface area (TPSA) is 62.2 Å². The van der Waals surface area contributed by atoms with Gasteiger partial charge in [0.15, 0.2) is 0 Å². The third-order valence-corrected chi connectivity index (χ3v) is 5.43. The maximum absolute atomic E-state index is 12.6. The molecule has 6 heteroatoms. The molecule has 0 unspecified atom stereocenters. The first kappa shape index (κ1) is 16.9. The SMILES string of the molecule is C[C@H]1C[C@@H]1C(=O)N(C)Cc1nc(N2CCCC2)ncc1-c1ccncc1. The number of pyridine rings is 1. The fraction of sp³-hybridized carbons (Fsp3) is 0.500. The number of hydrogen-bond donors (Lipinski definition) is 0. The normalized spacial score (nSPS) is 21.7. The van der Waals surface area contributed by atoms with Crippen LogP contribution in [-0.4, -0.2) is 45.9 Å². The molecule has 4 rings (SSSR count). The average molecular weight is 351 g/mol. The highest BCUT2D eigenvalue weighted by Gasteiger charge is 2.40. The van der Waals surface area contributed by atoms with E-state index in [0.717, 1.165) is 42.3 Å². The number of hydrogen-bond acceptors (Lipinski definition) is 5. The number of anilines is 1. The summed E-state index contributed by atoms with van der Waals surface area (Å²) in [5.74, 6) is 1.69. The third kappa shape index (κ3) is 3.41. The third-order valence-electron chi connectivity index (χ3n) is 5.43. The Balaban J connectivity index is 1.64. The lowest BCUT2D eigenvalue weighted by atomic mass is 10.1. The highest BCUT2D eigenvalue weighted by atomic mass is 16.2. The van der Waals surface area contributed by atoms with Gasteiger partial charge in [-0.1, -0.05) is 6.92 Å². The van der Waals surface area contributed by atoms with E-state index in [1.807, 2.05) is 30.3 Å². The van der Waals surface area contributed by atoms with Crippen molar-refractivity contribution in [2.24, 2.45) is 11.8 Å². The van der Waals surface area contributed by atoms with Crippen molar-refractivity contribution in [2.75, 3.05) is 25.0 Å².